The van der Waals surface area contributed by atoms with Gasteiger partial charge < -0.3 is 10.1 Å². The van der Waals surface area contributed by atoms with Crippen molar-refractivity contribution in [2.24, 2.45) is 4.99 Å². The van der Waals surface area contributed by atoms with Crippen LogP contribution in [0.3, 0.4) is 0 Å². The van der Waals surface area contributed by atoms with Crippen molar-refractivity contribution in [2.45, 2.75) is 13.0 Å². The second-order valence-corrected chi connectivity index (χ2v) is 3.07. The van der Waals surface area contributed by atoms with Gasteiger partial charge in [0.1, 0.15) is 18.8 Å². The first-order chi connectivity index (χ1) is 8.36. The summed E-state index contributed by atoms with van der Waals surface area (Å²) in [6, 6.07) is 0. The highest BCUT2D eigenvalue weighted by Crippen LogP contribution is 1.90. The molecule has 1 rings (SSSR count). The Morgan fingerprint density at radius 3 is 3.24 bits per heavy atom. The number of hydrogen-bond acceptors (Lipinski definition) is 5. The second kappa shape index (κ2) is 8.06. The number of aromatic amines is 1. The number of aromatic nitrogens is 3. The molecule has 17 heavy (non-hydrogen) atoms. The summed E-state index contributed by atoms with van der Waals surface area (Å²) in [5.41, 5.74) is 0. The minimum atomic E-state index is 0.422. The van der Waals surface area contributed by atoms with Gasteiger partial charge in [-0.1, -0.05) is 0 Å². The van der Waals surface area contributed by atoms with Gasteiger partial charge in [-0.15, -0.1) is 0 Å². The quantitative estimate of drug-likeness (QED) is 0.199. The van der Waals surface area contributed by atoms with E-state index in [1.807, 2.05) is 0 Å². The minimum Gasteiger partial charge on any atom is -0.373 e. The molecule has 1 aromatic rings. The number of nitrogens with zero attached hydrogens (tertiary/aromatic N) is 4. The normalized spacial score (nSPS) is 10.9. The Morgan fingerprint density at radius 2 is 2.59 bits per heavy atom. The van der Waals surface area contributed by atoms with Gasteiger partial charge >= 0.3 is 0 Å². The van der Waals surface area contributed by atoms with Crippen LogP contribution in [0.2, 0.25) is 0 Å². The van der Waals surface area contributed by atoms with Gasteiger partial charge in [0, 0.05) is 20.2 Å². The van der Waals surface area contributed by atoms with Crippen molar-refractivity contribution in [3.63, 3.8) is 0 Å². The molecule has 92 valence electrons. The molecule has 0 saturated heterocycles. The van der Waals surface area contributed by atoms with Gasteiger partial charge in [-0.3, -0.25) is 15.4 Å². The van der Waals surface area contributed by atoms with Gasteiger partial charge in [0.25, 0.3) is 0 Å². The highest BCUT2D eigenvalue weighted by Gasteiger charge is 1.97. The van der Waals surface area contributed by atoms with Crippen molar-refractivity contribution in [1.82, 2.24) is 25.8 Å². The maximum absolute atomic E-state index is 8.39. The lowest BCUT2D eigenvalue weighted by Crippen LogP contribution is -2.35. The maximum atomic E-state index is 8.39. The molecule has 0 aromatic carbocycles. The van der Waals surface area contributed by atoms with Crippen LogP contribution in [-0.2, 0) is 11.3 Å². The molecule has 0 atom stereocenters. The molecular formula is C9H15N7O. The van der Waals surface area contributed by atoms with Crippen molar-refractivity contribution in [3.05, 3.63) is 12.2 Å². The maximum Gasteiger partial charge on any atom is 0.204 e. The van der Waals surface area contributed by atoms with Gasteiger partial charge in [0.15, 0.2) is 6.19 Å². The van der Waals surface area contributed by atoms with Crippen LogP contribution in [0.1, 0.15) is 12.2 Å². The Morgan fingerprint density at radius 1 is 1.71 bits per heavy atom. The Labute approximate surface area is 99.1 Å². The SMILES string of the molecule is CN=C(NC#N)NCCCOCc1ncn[nH]1. The molecule has 0 spiro atoms. The lowest BCUT2D eigenvalue weighted by molar-refractivity contribution is 0.114. The van der Waals surface area contributed by atoms with E-state index in [9.17, 15) is 0 Å². The van der Waals surface area contributed by atoms with Gasteiger partial charge in [-0.25, -0.2) is 4.98 Å². The van der Waals surface area contributed by atoms with E-state index in [0.717, 1.165) is 6.42 Å². The van der Waals surface area contributed by atoms with Gasteiger partial charge in [-0.2, -0.15) is 10.4 Å². The fraction of sp³-hybridized carbons (Fsp3) is 0.556. The molecule has 8 heteroatoms. The third kappa shape index (κ3) is 5.48. The van der Waals surface area contributed by atoms with E-state index in [1.165, 1.54) is 6.33 Å². The van der Waals surface area contributed by atoms with E-state index in [4.69, 9.17) is 10.00 Å². The highest BCUT2D eigenvalue weighted by atomic mass is 16.5. The standard InChI is InChI=1S/C9H15N7O/c1-11-9(13-6-10)12-3-2-4-17-5-8-14-7-15-16-8/h7H,2-5H2,1H3,(H2,11,12,13)(H,14,15,16). The van der Waals surface area contributed by atoms with E-state index < -0.39 is 0 Å². The summed E-state index contributed by atoms with van der Waals surface area (Å²) in [5, 5.41) is 20.2. The first kappa shape index (κ1) is 12.9. The van der Waals surface area contributed by atoms with Gasteiger partial charge in [0.05, 0.1) is 0 Å². The molecule has 0 unspecified atom stereocenters. The first-order valence-corrected chi connectivity index (χ1v) is 5.14. The van der Waals surface area contributed by atoms with Crippen LogP contribution in [0.4, 0.5) is 0 Å². The van der Waals surface area contributed by atoms with Crippen molar-refractivity contribution in [2.75, 3.05) is 20.2 Å². The molecule has 1 heterocycles. The molecule has 0 radical (unpaired) electrons. The smallest absolute Gasteiger partial charge is 0.204 e. The molecule has 0 fully saturated rings. The van der Waals surface area contributed by atoms with Crippen LogP contribution >= 0.6 is 0 Å². The average Bonchev–Trinajstić information content (AvgIpc) is 2.85. The summed E-state index contributed by atoms with van der Waals surface area (Å²) < 4.78 is 5.35. The largest absolute Gasteiger partial charge is 0.373 e. The van der Waals surface area contributed by atoms with Crippen LogP contribution < -0.4 is 10.6 Å². The van der Waals surface area contributed by atoms with Gasteiger partial charge in [-0.05, 0) is 6.42 Å². The zero-order valence-corrected chi connectivity index (χ0v) is 9.60. The summed E-state index contributed by atoms with van der Waals surface area (Å²) >= 11 is 0. The topological polar surface area (TPSA) is 111 Å². The molecule has 0 aliphatic heterocycles. The molecule has 8 nitrogen and oxygen atoms in total. The number of nitrogens with one attached hydrogen (secondary N) is 3. The number of hydrogen-bond donors (Lipinski definition) is 3. The average molecular weight is 237 g/mol. The number of rotatable bonds is 6. The molecule has 0 aliphatic rings. The molecule has 3 N–H and O–H groups in total. The van der Waals surface area contributed by atoms with Crippen molar-refractivity contribution < 1.29 is 4.74 Å². The Kier molecular flexibility index (Phi) is 6.13. The van der Waals surface area contributed by atoms with E-state index in [2.05, 4.69) is 30.8 Å². The molecule has 1 aromatic heterocycles. The summed E-state index contributed by atoms with van der Waals surface area (Å²) in [7, 11) is 1.60. The Bertz CT molecular complexity index is 367. The number of nitriles is 1. The van der Waals surface area contributed by atoms with Crippen LogP contribution in [0.25, 0.3) is 0 Å². The summed E-state index contributed by atoms with van der Waals surface area (Å²) in [6.45, 7) is 1.69. The predicted octanol–water partition coefficient (Wildman–Crippen LogP) is -0.643. The van der Waals surface area contributed by atoms with Crippen LogP contribution in [0, 0.1) is 11.5 Å². The first-order valence-electron chi connectivity index (χ1n) is 5.14. The monoisotopic (exact) mass is 237 g/mol. The fourth-order valence-corrected chi connectivity index (χ4v) is 1.08. The van der Waals surface area contributed by atoms with Crippen molar-refractivity contribution >= 4 is 5.96 Å². The van der Waals surface area contributed by atoms with E-state index in [-0.39, 0.29) is 0 Å². The van der Waals surface area contributed by atoms with E-state index in [0.29, 0.717) is 31.5 Å². The zero-order valence-electron chi connectivity index (χ0n) is 9.60. The molecule has 0 saturated carbocycles. The lowest BCUT2D eigenvalue weighted by Gasteiger charge is -2.06. The summed E-state index contributed by atoms with van der Waals surface area (Å²) in [4.78, 5) is 7.77. The van der Waals surface area contributed by atoms with Gasteiger partial charge in [0.2, 0.25) is 5.96 Å². The molecule has 0 amide bonds. The highest BCUT2D eigenvalue weighted by molar-refractivity contribution is 5.80. The summed E-state index contributed by atoms with van der Waals surface area (Å²) in [5.74, 6) is 1.17. The Balaban J connectivity index is 1.99. The number of guanidine groups is 1. The second-order valence-electron chi connectivity index (χ2n) is 3.07. The van der Waals surface area contributed by atoms with Crippen LogP contribution in [0.5, 0.6) is 0 Å². The predicted molar refractivity (Wildman–Crippen MR) is 60.8 cm³/mol. The lowest BCUT2D eigenvalue weighted by atomic mass is 10.4. The zero-order chi connectivity index (χ0) is 12.3. The molecular weight excluding hydrogens is 222 g/mol. The minimum absolute atomic E-state index is 0.422. The van der Waals surface area contributed by atoms with Crippen molar-refractivity contribution in [3.8, 4) is 6.19 Å². The molecule has 0 bridgehead atoms. The van der Waals surface area contributed by atoms with E-state index in [1.54, 1.807) is 13.2 Å². The summed E-state index contributed by atoms with van der Waals surface area (Å²) in [6.07, 6.45) is 4.04. The third-order valence-corrected chi connectivity index (χ3v) is 1.86. The number of aliphatic imine (C=N–C) groups is 1. The van der Waals surface area contributed by atoms with Crippen LogP contribution in [0.15, 0.2) is 11.3 Å². The number of ether oxygens (including phenoxy) is 1. The number of H-pyrrole nitrogens is 1. The van der Waals surface area contributed by atoms with E-state index >= 15 is 0 Å². The fourth-order valence-electron chi connectivity index (χ4n) is 1.08. The van der Waals surface area contributed by atoms with Crippen LogP contribution in [-0.4, -0.2) is 41.3 Å². The third-order valence-electron chi connectivity index (χ3n) is 1.86. The Hall–Kier alpha value is -2.14. The molecule has 0 aliphatic carbocycles. The van der Waals surface area contributed by atoms with Crippen molar-refractivity contribution in [1.29, 1.82) is 5.26 Å².